The quantitative estimate of drug-likeness (QED) is 0.509. The first-order valence-corrected chi connectivity index (χ1v) is 6.97. The first-order chi connectivity index (χ1) is 6.77. The molecule has 0 nitrogen and oxygen atoms in total. The normalized spacial score (nSPS) is 34.1. The third-order valence-electron chi connectivity index (χ3n) is 3.65. The molecule has 0 aromatic rings. The van der Waals surface area contributed by atoms with Crippen molar-refractivity contribution in [2.75, 3.05) is 0 Å². The average Bonchev–Trinajstić information content (AvgIpc) is 2.31. The summed E-state index contributed by atoms with van der Waals surface area (Å²) in [5.41, 5.74) is 0. The smallest absolute Gasteiger partial charge is 0.00451 e. The van der Waals surface area contributed by atoms with Gasteiger partial charge in [0, 0.05) is 5.25 Å². The van der Waals surface area contributed by atoms with Gasteiger partial charge in [0.1, 0.15) is 0 Å². The largest absolute Gasteiger partial charge is 0.176 e. The molecule has 1 rings (SSSR count). The van der Waals surface area contributed by atoms with Crippen LogP contribution < -0.4 is 0 Å². The molecule has 0 aromatic heterocycles. The van der Waals surface area contributed by atoms with Crippen molar-refractivity contribution in [1.29, 1.82) is 0 Å². The predicted octanol–water partition coefficient (Wildman–Crippen LogP) is 4.69. The molecule has 0 aliphatic heterocycles. The monoisotopic (exact) mass is 214 g/mol. The van der Waals surface area contributed by atoms with Crippen LogP contribution in [-0.2, 0) is 0 Å². The zero-order valence-corrected chi connectivity index (χ0v) is 10.7. The summed E-state index contributed by atoms with van der Waals surface area (Å²) in [7, 11) is 0. The minimum Gasteiger partial charge on any atom is -0.176 e. The lowest BCUT2D eigenvalue weighted by Crippen LogP contribution is -2.15. The van der Waals surface area contributed by atoms with Crippen molar-refractivity contribution in [3.63, 3.8) is 0 Å². The van der Waals surface area contributed by atoms with Gasteiger partial charge in [-0.1, -0.05) is 46.0 Å². The third-order valence-corrected chi connectivity index (χ3v) is 4.33. The van der Waals surface area contributed by atoms with Crippen LogP contribution in [0.15, 0.2) is 0 Å². The van der Waals surface area contributed by atoms with Gasteiger partial charge in [0.05, 0.1) is 0 Å². The molecule has 0 heterocycles. The van der Waals surface area contributed by atoms with Gasteiger partial charge in [-0.05, 0) is 31.1 Å². The van der Waals surface area contributed by atoms with Crippen LogP contribution in [-0.4, -0.2) is 5.25 Å². The molecule has 0 N–H and O–H groups in total. The highest BCUT2D eigenvalue weighted by Crippen LogP contribution is 2.35. The number of thiol groups is 1. The summed E-state index contributed by atoms with van der Waals surface area (Å²) in [6.45, 7) is 4.62. The number of hydrogen-bond acceptors (Lipinski definition) is 1. The first kappa shape index (κ1) is 12.4. The molecule has 14 heavy (non-hydrogen) atoms. The summed E-state index contributed by atoms with van der Waals surface area (Å²) in [4.78, 5) is 0. The molecule has 1 fully saturated rings. The second-order valence-electron chi connectivity index (χ2n) is 4.94. The summed E-state index contributed by atoms with van der Waals surface area (Å²) in [6, 6.07) is 0. The van der Waals surface area contributed by atoms with Crippen molar-refractivity contribution < 1.29 is 0 Å². The van der Waals surface area contributed by atoms with Gasteiger partial charge >= 0.3 is 0 Å². The molecular weight excluding hydrogens is 188 g/mol. The van der Waals surface area contributed by atoms with Crippen LogP contribution in [0.3, 0.4) is 0 Å². The van der Waals surface area contributed by atoms with E-state index in [2.05, 4.69) is 13.8 Å². The molecule has 1 saturated carbocycles. The fourth-order valence-corrected chi connectivity index (χ4v) is 3.36. The Bertz CT molecular complexity index is 144. The molecule has 1 aliphatic carbocycles. The van der Waals surface area contributed by atoms with Crippen LogP contribution in [0.4, 0.5) is 0 Å². The van der Waals surface area contributed by atoms with E-state index in [-0.39, 0.29) is 0 Å². The lowest BCUT2D eigenvalue weighted by atomic mass is 9.87. The van der Waals surface area contributed by atoms with Gasteiger partial charge in [0.2, 0.25) is 0 Å². The minimum atomic E-state index is 0.691. The van der Waals surface area contributed by atoms with Gasteiger partial charge in [0.25, 0.3) is 0 Å². The van der Waals surface area contributed by atoms with Crippen molar-refractivity contribution in [2.24, 2.45) is 11.8 Å². The summed E-state index contributed by atoms with van der Waals surface area (Å²) in [5.74, 6) is 1.91. The topological polar surface area (TPSA) is 0 Å². The molecule has 3 unspecified atom stereocenters. The van der Waals surface area contributed by atoms with E-state index in [0.717, 1.165) is 11.8 Å². The Morgan fingerprint density at radius 1 is 1.07 bits per heavy atom. The predicted molar refractivity (Wildman–Crippen MR) is 68.0 cm³/mol. The summed E-state index contributed by atoms with van der Waals surface area (Å²) in [5, 5.41) is 0.691. The number of rotatable bonds is 4. The summed E-state index contributed by atoms with van der Waals surface area (Å²) >= 11 is 4.77. The van der Waals surface area contributed by atoms with E-state index in [0.29, 0.717) is 5.25 Å². The van der Waals surface area contributed by atoms with Crippen LogP contribution in [0.2, 0.25) is 0 Å². The first-order valence-electron chi connectivity index (χ1n) is 6.46. The average molecular weight is 214 g/mol. The molecule has 3 atom stereocenters. The van der Waals surface area contributed by atoms with E-state index in [1.165, 1.54) is 51.4 Å². The van der Waals surface area contributed by atoms with Crippen LogP contribution >= 0.6 is 12.6 Å². The van der Waals surface area contributed by atoms with Gasteiger partial charge < -0.3 is 0 Å². The maximum absolute atomic E-state index is 4.77. The lowest BCUT2D eigenvalue weighted by molar-refractivity contribution is 0.343. The highest BCUT2D eigenvalue weighted by molar-refractivity contribution is 7.81. The van der Waals surface area contributed by atoms with Gasteiger partial charge in [-0.25, -0.2) is 0 Å². The second-order valence-corrected chi connectivity index (χ2v) is 5.60. The van der Waals surface area contributed by atoms with E-state index >= 15 is 0 Å². The molecule has 0 bridgehead atoms. The van der Waals surface area contributed by atoms with Crippen molar-refractivity contribution in [2.45, 2.75) is 70.5 Å². The van der Waals surface area contributed by atoms with Crippen molar-refractivity contribution in [1.82, 2.24) is 0 Å². The van der Waals surface area contributed by atoms with Gasteiger partial charge in [0.15, 0.2) is 0 Å². The molecule has 0 spiro atoms. The maximum Gasteiger partial charge on any atom is 0.00451 e. The molecule has 0 aromatic carbocycles. The second kappa shape index (κ2) is 6.76. The van der Waals surface area contributed by atoms with Crippen LogP contribution in [0, 0.1) is 11.8 Å². The molecule has 1 heteroatoms. The van der Waals surface area contributed by atoms with Gasteiger partial charge in [-0.15, -0.1) is 0 Å². The zero-order chi connectivity index (χ0) is 10.4. The third kappa shape index (κ3) is 3.84. The Balaban J connectivity index is 2.44. The van der Waals surface area contributed by atoms with E-state index in [4.69, 9.17) is 12.6 Å². The Hall–Kier alpha value is 0.350. The summed E-state index contributed by atoms with van der Waals surface area (Å²) in [6.07, 6.45) is 11.2. The van der Waals surface area contributed by atoms with Crippen LogP contribution in [0.25, 0.3) is 0 Å². The standard InChI is InChI=1S/C13H26S/c1-3-6-11-8-5-9-13(14)12(10-11)7-4-2/h11-14H,3-10H2,1-2H3. The van der Waals surface area contributed by atoms with Crippen molar-refractivity contribution in [3.05, 3.63) is 0 Å². The van der Waals surface area contributed by atoms with E-state index in [9.17, 15) is 0 Å². The highest BCUT2D eigenvalue weighted by atomic mass is 32.1. The van der Waals surface area contributed by atoms with Gasteiger partial charge in [-0.2, -0.15) is 12.6 Å². The fourth-order valence-electron chi connectivity index (χ4n) is 2.91. The SMILES string of the molecule is CCCC1CCCC(S)C(CCC)C1. The Kier molecular flexibility index (Phi) is 6.00. The van der Waals surface area contributed by atoms with E-state index in [1.807, 2.05) is 0 Å². The van der Waals surface area contributed by atoms with Gasteiger partial charge in [-0.3, -0.25) is 0 Å². The van der Waals surface area contributed by atoms with Crippen molar-refractivity contribution >= 4 is 12.6 Å². The Labute approximate surface area is 95.3 Å². The Morgan fingerprint density at radius 3 is 2.43 bits per heavy atom. The fraction of sp³-hybridized carbons (Fsp3) is 1.00. The molecule has 0 amide bonds. The zero-order valence-electron chi connectivity index (χ0n) is 9.84. The van der Waals surface area contributed by atoms with E-state index < -0.39 is 0 Å². The summed E-state index contributed by atoms with van der Waals surface area (Å²) < 4.78 is 0. The van der Waals surface area contributed by atoms with Crippen LogP contribution in [0.5, 0.6) is 0 Å². The molecular formula is C13H26S. The molecule has 0 saturated heterocycles. The maximum atomic E-state index is 4.77. The highest BCUT2D eigenvalue weighted by Gasteiger charge is 2.24. The van der Waals surface area contributed by atoms with Crippen molar-refractivity contribution in [3.8, 4) is 0 Å². The number of hydrogen-bond donors (Lipinski definition) is 1. The molecule has 1 aliphatic rings. The molecule has 84 valence electrons. The Morgan fingerprint density at radius 2 is 1.79 bits per heavy atom. The van der Waals surface area contributed by atoms with Crippen LogP contribution in [0.1, 0.15) is 65.2 Å². The molecule has 0 radical (unpaired) electrons. The minimum absolute atomic E-state index is 0.691. The lowest BCUT2D eigenvalue weighted by Gasteiger charge is -2.22. The van der Waals surface area contributed by atoms with E-state index in [1.54, 1.807) is 0 Å².